The highest BCUT2D eigenvalue weighted by atomic mass is 79.9. The summed E-state index contributed by atoms with van der Waals surface area (Å²) in [6.45, 7) is 5.80. The lowest BCUT2D eigenvalue weighted by atomic mass is 10.0. The van der Waals surface area contributed by atoms with Crippen molar-refractivity contribution in [2.24, 2.45) is 0 Å². The zero-order valence-corrected chi connectivity index (χ0v) is 13.5. The van der Waals surface area contributed by atoms with E-state index in [9.17, 15) is 0 Å². The molecule has 2 heterocycles. The molecule has 2 rings (SSSR count). The summed E-state index contributed by atoms with van der Waals surface area (Å²) in [6.07, 6.45) is 3.56. The van der Waals surface area contributed by atoms with Crippen LogP contribution in [0, 0.1) is 0 Å². The van der Waals surface area contributed by atoms with Crippen molar-refractivity contribution in [3.63, 3.8) is 0 Å². The van der Waals surface area contributed by atoms with E-state index in [-0.39, 0.29) is 6.04 Å². The van der Waals surface area contributed by atoms with Gasteiger partial charge in [-0.1, -0.05) is 13.0 Å². The summed E-state index contributed by atoms with van der Waals surface area (Å²) in [6, 6.07) is 3.93. The largest absolute Gasteiger partial charge is 0.481 e. The van der Waals surface area contributed by atoms with Gasteiger partial charge < -0.3 is 10.1 Å². The third kappa shape index (κ3) is 2.86. The third-order valence-electron chi connectivity index (χ3n) is 3.12. The summed E-state index contributed by atoms with van der Waals surface area (Å²) in [5, 5.41) is 7.87. The molecule has 5 nitrogen and oxygen atoms in total. The lowest BCUT2D eigenvalue weighted by Crippen LogP contribution is -2.25. The molecular formula is C14H19BrN4O. The van der Waals surface area contributed by atoms with Gasteiger partial charge in [0.05, 0.1) is 29.5 Å². The van der Waals surface area contributed by atoms with E-state index in [1.807, 2.05) is 23.0 Å². The Labute approximate surface area is 127 Å². The van der Waals surface area contributed by atoms with Crippen LogP contribution in [0.1, 0.15) is 31.1 Å². The van der Waals surface area contributed by atoms with Gasteiger partial charge in [-0.05, 0) is 35.5 Å². The van der Waals surface area contributed by atoms with Crippen molar-refractivity contribution in [2.45, 2.75) is 26.4 Å². The summed E-state index contributed by atoms with van der Waals surface area (Å²) >= 11 is 3.59. The molecule has 1 atom stereocenters. The van der Waals surface area contributed by atoms with E-state index in [0.717, 1.165) is 28.8 Å². The van der Waals surface area contributed by atoms with E-state index in [2.05, 4.69) is 45.2 Å². The number of aryl methyl sites for hydroxylation is 1. The summed E-state index contributed by atoms with van der Waals surface area (Å²) in [4.78, 5) is 4.29. The minimum absolute atomic E-state index is 0.0134. The lowest BCUT2D eigenvalue weighted by Gasteiger charge is -2.21. The normalized spacial score (nSPS) is 12.4. The van der Waals surface area contributed by atoms with Crippen molar-refractivity contribution in [2.75, 3.05) is 13.7 Å². The van der Waals surface area contributed by atoms with Crippen molar-refractivity contribution in [3.8, 4) is 5.88 Å². The fourth-order valence-corrected chi connectivity index (χ4v) is 2.79. The Morgan fingerprint density at radius 2 is 2.25 bits per heavy atom. The SMILES string of the molecule is CCNC(c1cccnc1OC)c1c(Br)cnn1CC. The maximum Gasteiger partial charge on any atom is 0.218 e. The summed E-state index contributed by atoms with van der Waals surface area (Å²) in [5.74, 6) is 0.634. The zero-order chi connectivity index (χ0) is 14.5. The van der Waals surface area contributed by atoms with Crippen LogP contribution in [0.5, 0.6) is 5.88 Å². The second-order valence-corrected chi connectivity index (χ2v) is 5.14. The minimum atomic E-state index is -0.0134. The van der Waals surface area contributed by atoms with Crippen LogP contribution in [-0.2, 0) is 6.54 Å². The first kappa shape index (κ1) is 15.0. The number of halogens is 1. The molecule has 0 aromatic carbocycles. The predicted molar refractivity (Wildman–Crippen MR) is 81.9 cm³/mol. The Kier molecular flexibility index (Phi) is 5.14. The lowest BCUT2D eigenvalue weighted by molar-refractivity contribution is 0.385. The molecule has 0 fully saturated rings. The first-order chi connectivity index (χ1) is 9.72. The van der Waals surface area contributed by atoms with Crippen molar-refractivity contribution < 1.29 is 4.74 Å². The first-order valence-corrected chi connectivity index (χ1v) is 7.45. The zero-order valence-electron chi connectivity index (χ0n) is 11.9. The van der Waals surface area contributed by atoms with E-state index in [1.54, 1.807) is 13.3 Å². The van der Waals surface area contributed by atoms with Gasteiger partial charge >= 0.3 is 0 Å². The smallest absolute Gasteiger partial charge is 0.218 e. The van der Waals surface area contributed by atoms with E-state index in [1.165, 1.54) is 0 Å². The average Bonchev–Trinajstić information content (AvgIpc) is 2.85. The number of hydrogen-bond donors (Lipinski definition) is 1. The number of hydrogen-bond acceptors (Lipinski definition) is 4. The second-order valence-electron chi connectivity index (χ2n) is 4.29. The molecule has 1 N–H and O–H groups in total. The number of ether oxygens (including phenoxy) is 1. The maximum absolute atomic E-state index is 5.39. The van der Waals surface area contributed by atoms with Crippen LogP contribution < -0.4 is 10.1 Å². The highest BCUT2D eigenvalue weighted by Crippen LogP contribution is 2.32. The van der Waals surface area contributed by atoms with Crippen LogP contribution >= 0.6 is 15.9 Å². The van der Waals surface area contributed by atoms with Crippen LogP contribution in [0.4, 0.5) is 0 Å². The van der Waals surface area contributed by atoms with Gasteiger partial charge in [0.1, 0.15) is 0 Å². The quantitative estimate of drug-likeness (QED) is 0.879. The maximum atomic E-state index is 5.39. The fraction of sp³-hybridized carbons (Fsp3) is 0.429. The average molecular weight is 339 g/mol. The third-order valence-corrected chi connectivity index (χ3v) is 3.73. The molecule has 1 unspecified atom stereocenters. The van der Waals surface area contributed by atoms with Gasteiger partial charge in [0, 0.05) is 18.3 Å². The topological polar surface area (TPSA) is 52.0 Å². The van der Waals surface area contributed by atoms with E-state index >= 15 is 0 Å². The molecule has 0 aliphatic carbocycles. The van der Waals surface area contributed by atoms with E-state index in [4.69, 9.17) is 4.74 Å². The van der Waals surface area contributed by atoms with Crippen LogP contribution in [0.2, 0.25) is 0 Å². The van der Waals surface area contributed by atoms with Gasteiger partial charge in [0.25, 0.3) is 0 Å². The summed E-state index contributed by atoms with van der Waals surface area (Å²) < 4.78 is 8.35. The van der Waals surface area contributed by atoms with Gasteiger partial charge in [-0.2, -0.15) is 5.10 Å². The van der Waals surface area contributed by atoms with E-state index < -0.39 is 0 Å². The summed E-state index contributed by atoms with van der Waals surface area (Å²) in [5.41, 5.74) is 2.09. The van der Waals surface area contributed by atoms with Crippen LogP contribution in [0.25, 0.3) is 0 Å². The molecule has 0 saturated heterocycles. The van der Waals surface area contributed by atoms with Crippen LogP contribution in [0.3, 0.4) is 0 Å². The Morgan fingerprint density at radius 1 is 1.45 bits per heavy atom. The number of pyridine rings is 1. The molecule has 0 spiro atoms. The number of aromatic nitrogens is 3. The number of nitrogens with one attached hydrogen (secondary N) is 1. The molecule has 108 valence electrons. The fourth-order valence-electron chi connectivity index (χ4n) is 2.26. The molecular weight excluding hydrogens is 320 g/mol. The second kappa shape index (κ2) is 6.85. The Morgan fingerprint density at radius 3 is 2.90 bits per heavy atom. The molecule has 0 aliphatic rings. The number of rotatable bonds is 6. The molecule has 2 aromatic heterocycles. The standard InChI is InChI=1S/C14H19BrN4O/c1-4-16-12(10-7-6-8-17-14(10)20-3)13-11(15)9-18-19(13)5-2/h6-9,12,16H,4-5H2,1-3H3. The van der Waals surface area contributed by atoms with Crippen LogP contribution in [-0.4, -0.2) is 28.4 Å². The Hall–Kier alpha value is -1.40. The van der Waals surface area contributed by atoms with Crippen LogP contribution in [0.15, 0.2) is 29.0 Å². The van der Waals surface area contributed by atoms with Crippen molar-refractivity contribution >= 4 is 15.9 Å². The first-order valence-electron chi connectivity index (χ1n) is 6.66. The molecule has 0 saturated carbocycles. The molecule has 20 heavy (non-hydrogen) atoms. The molecule has 0 radical (unpaired) electrons. The van der Waals surface area contributed by atoms with Crippen molar-refractivity contribution in [1.29, 1.82) is 0 Å². The number of methoxy groups -OCH3 is 1. The van der Waals surface area contributed by atoms with Crippen molar-refractivity contribution in [1.82, 2.24) is 20.1 Å². The molecule has 0 amide bonds. The van der Waals surface area contributed by atoms with Gasteiger partial charge in [-0.25, -0.2) is 4.98 Å². The van der Waals surface area contributed by atoms with Crippen molar-refractivity contribution in [3.05, 3.63) is 40.3 Å². The van der Waals surface area contributed by atoms with Gasteiger partial charge in [-0.15, -0.1) is 0 Å². The minimum Gasteiger partial charge on any atom is -0.481 e. The highest BCUT2D eigenvalue weighted by Gasteiger charge is 2.24. The number of nitrogens with zero attached hydrogens (tertiary/aromatic N) is 3. The van der Waals surface area contributed by atoms with Gasteiger partial charge in [0.2, 0.25) is 5.88 Å². The summed E-state index contributed by atoms with van der Waals surface area (Å²) in [7, 11) is 1.64. The Balaban J connectivity index is 2.53. The molecule has 0 bridgehead atoms. The molecule has 6 heteroatoms. The Bertz CT molecular complexity index is 570. The molecule has 2 aromatic rings. The van der Waals surface area contributed by atoms with Gasteiger partial charge in [0.15, 0.2) is 0 Å². The monoisotopic (exact) mass is 338 g/mol. The highest BCUT2D eigenvalue weighted by molar-refractivity contribution is 9.10. The van der Waals surface area contributed by atoms with E-state index in [0.29, 0.717) is 5.88 Å². The van der Waals surface area contributed by atoms with Gasteiger partial charge in [-0.3, -0.25) is 4.68 Å². The molecule has 0 aliphatic heterocycles. The predicted octanol–water partition coefficient (Wildman–Crippen LogP) is 2.77.